The van der Waals surface area contributed by atoms with Crippen LogP contribution in [0.2, 0.25) is 0 Å². The van der Waals surface area contributed by atoms with Crippen LogP contribution in [0.25, 0.3) is 0 Å². The van der Waals surface area contributed by atoms with Crippen molar-refractivity contribution in [3.05, 3.63) is 0 Å². The molecule has 0 aliphatic rings. The number of hydrogen-bond donors (Lipinski definition) is 2. The van der Waals surface area contributed by atoms with Crippen molar-refractivity contribution in [2.45, 2.75) is 27.2 Å². The minimum Gasteiger partial charge on any atom is -0.359 e. The van der Waals surface area contributed by atoms with Crippen LogP contribution in [0.15, 0.2) is 0 Å². The highest BCUT2D eigenvalue weighted by Gasteiger charge is 2.25. The Morgan fingerprint density at radius 2 is 2.00 bits per heavy atom. The van der Waals surface area contributed by atoms with Crippen LogP contribution in [0.3, 0.4) is 0 Å². The maximum absolute atomic E-state index is 11.3. The molecule has 3 nitrogen and oxygen atoms in total. The van der Waals surface area contributed by atoms with Gasteiger partial charge < -0.3 is 10.6 Å². The number of hydrogen-bond acceptors (Lipinski definition) is 2. The zero-order valence-electron chi connectivity index (χ0n) is 8.53. The fourth-order valence-corrected chi connectivity index (χ4v) is 1.03. The Bertz CT molecular complexity index is 143. The molecule has 0 unspecified atom stereocenters. The minimum absolute atomic E-state index is 0.111. The first kappa shape index (κ1) is 11.4. The second kappa shape index (κ2) is 5.14. The summed E-state index contributed by atoms with van der Waals surface area (Å²) >= 11 is 0. The molecule has 0 saturated carbocycles. The zero-order chi connectivity index (χ0) is 9.61. The summed E-state index contributed by atoms with van der Waals surface area (Å²) in [5, 5.41) is 5.87. The molecule has 72 valence electrons. The van der Waals surface area contributed by atoms with E-state index in [1.54, 1.807) is 7.05 Å². The lowest BCUT2D eigenvalue weighted by Crippen LogP contribution is -2.36. The summed E-state index contributed by atoms with van der Waals surface area (Å²) < 4.78 is 0. The summed E-state index contributed by atoms with van der Waals surface area (Å²) in [4.78, 5) is 11.3. The molecule has 0 saturated heterocycles. The van der Waals surface area contributed by atoms with Crippen molar-refractivity contribution < 1.29 is 4.79 Å². The van der Waals surface area contributed by atoms with E-state index >= 15 is 0 Å². The maximum Gasteiger partial charge on any atom is 0.225 e. The summed E-state index contributed by atoms with van der Waals surface area (Å²) in [6, 6.07) is 0. The van der Waals surface area contributed by atoms with Gasteiger partial charge in [-0.15, -0.1) is 0 Å². The van der Waals surface area contributed by atoms with Gasteiger partial charge in [0, 0.05) is 12.5 Å². The van der Waals surface area contributed by atoms with E-state index in [1.807, 2.05) is 13.8 Å². The SMILES string of the molecule is CCNCCC(C)(C)C(=O)NC. The summed E-state index contributed by atoms with van der Waals surface area (Å²) in [6.45, 7) is 7.85. The van der Waals surface area contributed by atoms with E-state index in [0.29, 0.717) is 0 Å². The van der Waals surface area contributed by atoms with E-state index in [0.717, 1.165) is 19.5 Å². The number of amides is 1. The van der Waals surface area contributed by atoms with Gasteiger partial charge in [0.2, 0.25) is 5.91 Å². The zero-order valence-corrected chi connectivity index (χ0v) is 8.53. The summed E-state index contributed by atoms with van der Waals surface area (Å²) in [5.41, 5.74) is -0.253. The van der Waals surface area contributed by atoms with Crippen LogP contribution in [-0.2, 0) is 4.79 Å². The fourth-order valence-electron chi connectivity index (χ4n) is 1.03. The Morgan fingerprint density at radius 3 is 2.42 bits per heavy atom. The molecule has 0 aromatic rings. The van der Waals surface area contributed by atoms with Crippen molar-refractivity contribution in [2.75, 3.05) is 20.1 Å². The van der Waals surface area contributed by atoms with E-state index in [4.69, 9.17) is 0 Å². The average Bonchev–Trinajstić information content (AvgIpc) is 2.03. The smallest absolute Gasteiger partial charge is 0.225 e. The molecule has 0 aliphatic carbocycles. The Labute approximate surface area is 74.9 Å². The van der Waals surface area contributed by atoms with Crippen molar-refractivity contribution in [1.29, 1.82) is 0 Å². The monoisotopic (exact) mass is 172 g/mol. The van der Waals surface area contributed by atoms with E-state index < -0.39 is 0 Å². The first-order valence-corrected chi connectivity index (χ1v) is 4.47. The largest absolute Gasteiger partial charge is 0.359 e. The average molecular weight is 172 g/mol. The van der Waals surface area contributed by atoms with Gasteiger partial charge in [0.25, 0.3) is 0 Å². The van der Waals surface area contributed by atoms with Gasteiger partial charge in [0.15, 0.2) is 0 Å². The van der Waals surface area contributed by atoms with Gasteiger partial charge in [0.1, 0.15) is 0 Å². The van der Waals surface area contributed by atoms with Crippen molar-refractivity contribution in [2.24, 2.45) is 5.41 Å². The van der Waals surface area contributed by atoms with Crippen LogP contribution >= 0.6 is 0 Å². The third kappa shape index (κ3) is 3.72. The number of rotatable bonds is 5. The molecule has 2 N–H and O–H groups in total. The Kier molecular flexibility index (Phi) is 4.90. The fraction of sp³-hybridized carbons (Fsp3) is 0.889. The summed E-state index contributed by atoms with van der Waals surface area (Å²) in [6.07, 6.45) is 0.876. The second-order valence-corrected chi connectivity index (χ2v) is 3.57. The molecule has 0 atom stereocenters. The number of carbonyl (C=O) groups is 1. The highest BCUT2D eigenvalue weighted by atomic mass is 16.2. The predicted octanol–water partition coefficient (Wildman–Crippen LogP) is 0.758. The van der Waals surface area contributed by atoms with Gasteiger partial charge >= 0.3 is 0 Å². The molecule has 0 heterocycles. The molecular formula is C9H20N2O. The second-order valence-electron chi connectivity index (χ2n) is 3.57. The molecule has 0 radical (unpaired) electrons. The molecule has 0 spiro atoms. The highest BCUT2D eigenvalue weighted by molar-refractivity contribution is 5.81. The molecular weight excluding hydrogens is 152 g/mol. The third-order valence-electron chi connectivity index (χ3n) is 2.02. The lowest BCUT2D eigenvalue weighted by molar-refractivity contribution is -0.129. The summed E-state index contributed by atoms with van der Waals surface area (Å²) in [7, 11) is 1.68. The third-order valence-corrected chi connectivity index (χ3v) is 2.02. The first-order chi connectivity index (χ1) is 5.54. The van der Waals surface area contributed by atoms with Crippen LogP contribution in [0, 0.1) is 5.41 Å². The van der Waals surface area contributed by atoms with Crippen LogP contribution < -0.4 is 10.6 Å². The van der Waals surface area contributed by atoms with E-state index in [-0.39, 0.29) is 11.3 Å². The van der Waals surface area contributed by atoms with Gasteiger partial charge in [-0.25, -0.2) is 0 Å². The molecule has 0 aromatic carbocycles. The van der Waals surface area contributed by atoms with Crippen molar-refractivity contribution in [3.8, 4) is 0 Å². The number of carbonyl (C=O) groups excluding carboxylic acids is 1. The van der Waals surface area contributed by atoms with Gasteiger partial charge in [-0.2, -0.15) is 0 Å². The van der Waals surface area contributed by atoms with Gasteiger partial charge in [-0.3, -0.25) is 4.79 Å². The van der Waals surface area contributed by atoms with Crippen molar-refractivity contribution in [3.63, 3.8) is 0 Å². The minimum atomic E-state index is -0.253. The highest BCUT2D eigenvalue weighted by Crippen LogP contribution is 2.18. The Hall–Kier alpha value is -0.570. The van der Waals surface area contributed by atoms with Crippen LogP contribution in [0.5, 0.6) is 0 Å². The van der Waals surface area contributed by atoms with E-state index in [2.05, 4.69) is 17.6 Å². The lowest BCUT2D eigenvalue weighted by atomic mass is 9.88. The number of nitrogens with one attached hydrogen (secondary N) is 2. The molecule has 12 heavy (non-hydrogen) atoms. The van der Waals surface area contributed by atoms with Crippen LogP contribution in [0.4, 0.5) is 0 Å². The molecule has 0 rings (SSSR count). The standard InChI is InChI=1S/C9H20N2O/c1-5-11-7-6-9(2,3)8(12)10-4/h11H,5-7H2,1-4H3,(H,10,12). The molecule has 0 fully saturated rings. The van der Waals surface area contributed by atoms with Crippen molar-refractivity contribution >= 4 is 5.91 Å². The Morgan fingerprint density at radius 1 is 1.42 bits per heavy atom. The molecule has 0 aliphatic heterocycles. The normalized spacial score (nSPS) is 11.3. The quantitative estimate of drug-likeness (QED) is 0.601. The topological polar surface area (TPSA) is 41.1 Å². The predicted molar refractivity (Wildman–Crippen MR) is 51.0 cm³/mol. The van der Waals surface area contributed by atoms with E-state index in [9.17, 15) is 4.79 Å². The first-order valence-electron chi connectivity index (χ1n) is 4.47. The van der Waals surface area contributed by atoms with Crippen LogP contribution in [-0.4, -0.2) is 26.0 Å². The van der Waals surface area contributed by atoms with Gasteiger partial charge in [-0.1, -0.05) is 20.8 Å². The molecule has 1 amide bonds. The molecule has 3 heteroatoms. The lowest BCUT2D eigenvalue weighted by Gasteiger charge is -2.22. The molecule has 0 bridgehead atoms. The van der Waals surface area contributed by atoms with Gasteiger partial charge in [0.05, 0.1) is 0 Å². The van der Waals surface area contributed by atoms with Gasteiger partial charge in [-0.05, 0) is 19.5 Å². The summed E-state index contributed by atoms with van der Waals surface area (Å²) in [5.74, 6) is 0.111. The maximum atomic E-state index is 11.3. The van der Waals surface area contributed by atoms with Crippen LogP contribution in [0.1, 0.15) is 27.2 Å². The molecule has 0 aromatic heterocycles. The Balaban J connectivity index is 3.78. The van der Waals surface area contributed by atoms with E-state index in [1.165, 1.54) is 0 Å². The van der Waals surface area contributed by atoms with Crippen molar-refractivity contribution in [1.82, 2.24) is 10.6 Å².